The zero-order chi connectivity index (χ0) is 17.7. The minimum atomic E-state index is 0.147. The predicted molar refractivity (Wildman–Crippen MR) is 98.2 cm³/mol. The van der Waals surface area contributed by atoms with Crippen molar-refractivity contribution in [1.29, 1.82) is 0 Å². The molecule has 0 N–H and O–H groups in total. The summed E-state index contributed by atoms with van der Waals surface area (Å²) < 4.78 is 1.77. The molecule has 1 aliphatic rings. The number of aromatic nitrogens is 2. The Balaban J connectivity index is 2.17. The Morgan fingerprint density at radius 3 is 2.50 bits per heavy atom. The Kier molecular flexibility index (Phi) is 6.84. The van der Waals surface area contributed by atoms with Crippen LogP contribution in [0, 0.1) is 5.92 Å². The molecule has 1 heterocycles. The molecule has 1 amide bonds. The van der Waals surface area contributed by atoms with Gasteiger partial charge in [0, 0.05) is 26.2 Å². The average molecular weight is 335 g/mol. The number of amides is 1. The molecule has 5 heteroatoms. The van der Waals surface area contributed by atoms with Gasteiger partial charge in [0.2, 0.25) is 0 Å². The molecule has 1 fully saturated rings. The number of likely N-dealkylation sites (N-methyl/N-ethyl adjacent to an activating group) is 1. The number of carbonyl (C=O) groups is 1. The fraction of sp³-hybridized carbons (Fsp3) is 0.789. The van der Waals surface area contributed by atoms with E-state index in [1.54, 1.807) is 4.68 Å². The molecule has 5 nitrogen and oxygen atoms in total. The van der Waals surface area contributed by atoms with Crippen LogP contribution in [-0.4, -0.2) is 58.7 Å². The van der Waals surface area contributed by atoms with Crippen molar-refractivity contribution >= 4 is 5.91 Å². The molecular weight excluding hydrogens is 300 g/mol. The first-order chi connectivity index (χ1) is 11.4. The van der Waals surface area contributed by atoms with E-state index in [1.807, 2.05) is 13.1 Å². The summed E-state index contributed by atoms with van der Waals surface area (Å²) in [6, 6.07) is 2.38. The van der Waals surface area contributed by atoms with Gasteiger partial charge in [-0.05, 0) is 45.3 Å². The van der Waals surface area contributed by atoms with Crippen molar-refractivity contribution in [2.75, 3.05) is 27.2 Å². The first kappa shape index (κ1) is 19.0. The molecule has 0 saturated heterocycles. The summed E-state index contributed by atoms with van der Waals surface area (Å²) in [5, 5.41) is 4.55. The van der Waals surface area contributed by atoms with Gasteiger partial charge in [0.25, 0.3) is 5.91 Å². The maximum atomic E-state index is 13.2. The maximum absolute atomic E-state index is 13.2. The summed E-state index contributed by atoms with van der Waals surface area (Å²) in [6.07, 6.45) is 6.96. The van der Waals surface area contributed by atoms with Gasteiger partial charge in [-0.15, -0.1) is 0 Å². The van der Waals surface area contributed by atoms with Crippen LogP contribution in [0.5, 0.6) is 0 Å². The minimum absolute atomic E-state index is 0.147. The molecule has 0 bridgehead atoms. The number of carbonyl (C=O) groups excluding carboxylic acids is 1. The summed E-state index contributed by atoms with van der Waals surface area (Å²) >= 11 is 0. The predicted octanol–water partition coefficient (Wildman–Crippen LogP) is 2.96. The van der Waals surface area contributed by atoms with Gasteiger partial charge in [0.05, 0.1) is 5.69 Å². The molecule has 1 saturated carbocycles. The topological polar surface area (TPSA) is 41.4 Å². The van der Waals surface area contributed by atoms with Gasteiger partial charge >= 0.3 is 0 Å². The van der Waals surface area contributed by atoms with Gasteiger partial charge in [-0.2, -0.15) is 5.10 Å². The lowest BCUT2D eigenvalue weighted by atomic mass is 9.94. The maximum Gasteiger partial charge on any atom is 0.272 e. The van der Waals surface area contributed by atoms with Crippen molar-refractivity contribution in [2.24, 2.45) is 13.0 Å². The number of nitrogens with zero attached hydrogens (tertiary/aromatic N) is 4. The van der Waals surface area contributed by atoms with Crippen LogP contribution in [-0.2, 0) is 13.5 Å². The lowest BCUT2D eigenvalue weighted by molar-refractivity contribution is 0.0607. The van der Waals surface area contributed by atoms with Crippen LogP contribution in [0.25, 0.3) is 0 Å². The molecular formula is C19H34N4O. The highest BCUT2D eigenvalue weighted by Crippen LogP contribution is 2.24. The van der Waals surface area contributed by atoms with Crippen molar-refractivity contribution in [3.05, 3.63) is 17.5 Å². The Labute approximate surface area is 147 Å². The van der Waals surface area contributed by atoms with E-state index >= 15 is 0 Å². The van der Waals surface area contributed by atoms with E-state index in [0.29, 0.717) is 12.0 Å². The first-order valence-electron chi connectivity index (χ1n) is 9.37. The van der Waals surface area contributed by atoms with Crippen molar-refractivity contribution in [1.82, 2.24) is 19.6 Å². The van der Waals surface area contributed by atoms with Crippen LogP contribution in [0.3, 0.4) is 0 Å². The third-order valence-electron chi connectivity index (χ3n) is 4.83. The molecule has 1 aliphatic carbocycles. The van der Waals surface area contributed by atoms with Gasteiger partial charge in [-0.25, -0.2) is 0 Å². The van der Waals surface area contributed by atoms with E-state index in [0.717, 1.165) is 43.7 Å². The van der Waals surface area contributed by atoms with Crippen LogP contribution in [0.2, 0.25) is 0 Å². The Morgan fingerprint density at radius 1 is 1.25 bits per heavy atom. The van der Waals surface area contributed by atoms with Crippen LogP contribution in [0.15, 0.2) is 6.07 Å². The number of aryl methyl sites for hydroxylation is 1. The highest BCUT2D eigenvalue weighted by molar-refractivity contribution is 5.93. The Bertz CT molecular complexity index is 529. The molecule has 136 valence electrons. The molecule has 0 aromatic carbocycles. The summed E-state index contributed by atoms with van der Waals surface area (Å²) in [5.41, 5.74) is 1.75. The van der Waals surface area contributed by atoms with Crippen molar-refractivity contribution < 1.29 is 4.79 Å². The third kappa shape index (κ3) is 5.07. The van der Waals surface area contributed by atoms with Crippen molar-refractivity contribution in [3.63, 3.8) is 0 Å². The fourth-order valence-corrected chi connectivity index (χ4v) is 3.54. The van der Waals surface area contributed by atoms with E-state index in [1.165, 1.54) is 19.3 Å². The quantitative estimate of drug-likeness (QED) is 0.770. The molecule has 0 unspecified atom stereocenters. The standard InChI is InChI=1S/C19H34N4O/c1-15(2)13-16-14-18(22(5)20-16)19(24)23(12-11-21(3)4)17-9-7-6-8-10-17/h14-15,17H,6-13H2,1-5H3. The summed E-state index contributed by atoms with van der Waals surface area (Å²) in [4.78, 5) is 17.5. The molecule has 0 aliphatic heterocycles. The van der Waals surface area contributed by atoms with Gasteiger partial charge < -0.3 is 9.80 Å². The lowest BCUT2D eigenvalue weighted by Gasteiger charge is -2.35. The van der Waals surface area contributed by atoms with E-state index in [2.05, 4.69) is 42.8 Å². The number of hydrogen-bond acceptors (Lipinski definition) is 3. The van der Waals surface area contributed by atoms with Crippen molar-refractivity contribution in [2.45, 2.75) is 58.4 Å². The van der Waals surface area contributed by atoms with Gasteiger partial charge in [0.1, 0.15) is 5.69 Å². The molecule has 1 aromatic rings. The SMILES string of the molecule is CC(C)Cc1cc(C(=O)N(CCN(C)C)C2CCCCC2)n(C)n1. The zero-order valence-electron chi connectivity index (χ0n) is 16.1. The number of rotatable bonds is 7. The number of hydrogen-bond donors (Lipinski definition) is 0. The molecule has 2 rings (SSSR count). The zero-order valence-corrected chi connectivity index (χ0v) is 16.1. The van der Waals surface area contributed by atoms with Crippen LogP contribution in [0.4, 0.5) is 0 Å². The minimum Gasteiger partial charge on any atom is -0.333 e. The highest BCUT2D eigenvalue weighted by atomic mass is 16.2. The first-order valence-corrected chi connectivity index (χ1v) is 9.37. The monoisotopic (exact) mass is 334 g/mol. The largest absolute Gasteiger partial charge is 0.333 e. The average Bonchev–Trinajstić information content (AvgIpc) is 2.87. The lowest BCUT2D eigenvalue weighted by Crippen LogP contribution is -2.45. The third-order valence-corrected chi connectivity index (χ3v) is 4.83. The molecule has 24 heavy (non-hydrogen) atoms. The van der Waals surface area contributed by atoms with Crippen LogP contribution < -0.4 is 0 Å². The van der Waals surface area contributed by atoms with Gasteiger partial charge in [0.15, 0.2) is 0 Å². The van der Waals surface area contributed by atoms with E-state index in [4.69, 9.17) is 0 Å². The molecule has 0 atom stereocenters. The Hall–Kier alpha value is -1.36. The second-order valence-electron chi connectivity index (χ2n) is 7.84. The second-order valence-corrected chi connectivity index (χ2v) is 7.84. The Morgan fingerprint density at radius 2 is 1.92 bits per heavy atom. The molecule has 0 spiro atoms. The van der Waals surface area contributed by atoms with Crippen LogP contribution >= 0.6 is 0 Å². The fourth-order valence-electron chi connectivity index (χ4n) is 3.54. The normalized spacial score (nSPS) is 16.1. The summed E-state index contributed by atoms with van der Waals surface area (Å²) in [5.74, 6) is 0.694. The molecule has 0 radical (unpaired) electrons. The summed E-state index contributed by atoms with van der Waals surface area (Å²) in [6.45, 7) is 6.06. The van der Waals surface area contributed by atoms with E-state index in [9.17, 15) is 4.79 Å². The van der Waals surface area contributed by atoms with Crippen molar-refractivity contribution in [3.8, 4) is 0 Å². The van der Waals surface area contributed by atoms with E-state index in [-0.39, 0.29) is 5.91 Å². The highest BCUT2D eigenvalue weighted by Gasteiger charge is 2.28. The second kappa shape index (κ2) is 8.65. The summed E-state index contributed by atoms with van der Waals surface area (Å²) in [7, 11) is 6.02. The molecule has 1 aromatic heterocycles. The smallest absolute Gasteiger partial charge is 0.272 e. The van der Waals surface area contributed by atoms with Gasteiger partial charge in [-0.3, -0.25) is 9.48 Å². The van der Waals surface area contributed by atoms with E-state index < -0.39 is 0 Å². The van der Waals surface area contributed by atoms with Gasteiger partial charge in [-0.1, -0.05) is 33.1 Å². The van der Waals surface area contributed by atoms with Crippen LogP contribution in [0.1, 0.15) is 62.1 Å².